The van der Waals surface area contributed by atoms with E-state index in [1.165, 1.54) is 134 Å². The van der Waals surface area contributed by atoms with Crippen LogP contribution in [0.15, 0.2) is 291 Å². The van der Waals surface area contributed by atoms with Gasteiger partial charge in [-0.05, 0) is 218 Å². The molecular formula is C90H72N2. The lowest BCUT2D eigenvalue weighted by Gasteiger charge is -2.29. The minimum atomic E-state index is -0.268. The quantitative estimate of drug-likeness (QED) is 0.135. The summed E-state index contributed by atoms with van der Waals surface area (Å²) in [5, 5.41) is 0. The zero-order valence-corrected chi connectivity index (χ0v) is 53.6. The first kappa shape index (κ1) is 55.5. The Labute approximate surface area is 542 Å². The van der Waals surface area contributed by atoms with Crippen molar-refractivity contribution in [2.24, 2.45) is 0 Å². The molecule has 4 aliphatic rings. The van der Waals surface area contributed by atoms with Crippen LogP contribution in [0.25, 0.3) is 89.0 Å². The second-order valence-corrected chi connectivity index (χ2v) is 28.1. The van der Waals surface area contributed by atoms with Crippen molar-refractivity contribution >= 4 is 34.1 Å². The van der Waals surface area contributed by atoms with Crippen LogP contribution in [0.4, 0.5) is 34.1 Å². The van der Waals surface area contributed by atoms with E-state index in [2.05, 4.69) is 356 Å². The smallest absolute Gasteiger partial charge is 0.0465 e. The summed E-state index contributed by atoms with van der Waals surface area (Å²) in [6.07, 6.45) is 0. The Kier molecular flexibility index (Phi) is 12.4. The fraction of sp³-hybridized carbons (Fsp3) is 0.133. The monoisotopic (exact) mass is 1180 g/mol. The van der Waals surface area contributed by atoms with Gasteiger partial charge in [-0.1, -0.05) is 262 Å². The highest BCUT2D eigenvalue weighted by Crippen LogP contribution is 2.56. The van der Waals surface area contributed by atoms with E-state index in [-0.39, 0.29) is 21.7 Å². The maximum absolute atomic E-state index is 2.45. The van der Waals surface area contributed by atoms with Crippen molar-refractivity contribution in [3.05, 3.63) is 336 Å². The van der Waals surface area contributed by atoms with E-state index in [1.807, 2.05) is 0 Å². The molecular weight excluding hydrogens is 1110 g/mol. The number of rotatable bonds is 10. The lowest BCUT2D eigenvalue weighted by molar-refractivity contribution is 0.660. The lowest BCUT2D eigenvalue weighted by Crippen LogP contribution is -2.17. The molecule has 0 unspecified atom stereocenters. The Bertz CT molecular complexity index is 5120. The topological polar surface area (TPSA) is 6.48 Å². The SMILES string of the molecule is CC1(C)c2ccccc2-c2ccc(-c3ccc(N(c4ccc(-c5ccc(-c6cccc7c6C(C)(C)c6cc(N(c8ccccc8)c8ccc(-c9ccc%10c(c9)C(C)(C)c9ccccc9-%10)cc8)ccc6-7)cc5)cc4)c4ccc5c(c4)C(C)(C)c4ccccc4-5)cc3)cc21. The first-order valence-corrected chi connectivity index (χ1v) is 32.7. The molecule has 0 saturated heterocycles. The minimum absolute atomic E-state index is 0.0526. The van der Waals surface area contributed by atoms with E-state index < -0.39 is 0 Å². The molecule has 2 heteroatoms. The van der Waals surface area contributed by atoms with E-state index in [4.69, 9.17) is 0 Å². The summed E-state index contributed by atoms with van der Waals surface area (Å²) in [5.41, 5.74) is 37.7. The molecule has 0 saturated carbocycles. The van der Waals surface area contributed by atoms with Crippen LogP contribution in [0.2, 0.25) is 0 Å². The lowest BCUT2D eigenvalue weighted by atomic mass is 9.78. The van der Waals surface area contributed by atoms with Crippen molar-refractivity contribution in [3.63, 3.8) is 0 Å². The van der Waals surface area contributed by atoms with Crippen molar-refractivity contribution < 1.29 is 0 Å². The Morgan fingerprint density at radius 3 is 0.880 bits per heavy atom. The molecule has 0 amide bonds. The molecule has 0 bridgehead atoms. The van der Waals surface area contributed by atoms with Crippen molar-refractivity contribution in [2.45, 2.75) is 77.0 Å². The van der Waals surface area contributed by atoms with E-state index in [0.29, 0.717) is 0 Å². The summed E-state index contributed by atoms with van der Waals surface area (Å²) in [7, 11) is 0. The maximum atomic E-state index is 2.45. The number of anilines is 6. The third-order valence-corrected chi connectivity index (χ3v) is 21.5. The van der Waals surface area contributed by atoms with Crippen LogP contribution in [0.5, 0.6) is 0 Å². The molecule has 0 N–H and O–H groups in total. The van der Waals surface area contributed by atoms with Gasteiger partial charge in [-0.25, -0.2) is 0 Å². The maximum Gasteiger partial charge on any atom is 0.0465 e. The first-order chi connectivity index (χ1) is 44.6. The van der Waals surface area contributed by atoms with Crippen LogP contribution in [-0.4, -0.2) is 0 Å². The minimum Gasteiger partial charge on any atom is -0.310 e. The normalized spacial score (nSPS) is 14.9. The molecule has 4 aliphatic carbocycles. The molecule has 92 heavy (non-hydrogen) atoms. The molecule has 2 nitrogen and oxygen atoms in total. The molecule has 13 aromatic rings. The summed E-state index contributed by atoms with van der Waals surface area (Å²) >= 11 is 0. The summed E-state index contributed by atoms with van der Waals surface area (Å²) in [5.74, 6) is 0. The van der Waals surface area contributed by atoms with Crippen LogP contribution in [0, 0.1) is 0 Å². The predicted octanol–water partition coefficient (Wildman–Crippen LogP) is 24.5. The van der Waals surface area contributed by atoms with Crippen LogP contribution in [0.1, 0.15) is 99.9 Å². The zero-order chi connectivity index (χ0) is 62.4. The predicted molar refractivity (Wildman–Crippen MR) is 388 cm³/mol. The van der Waals surface area contributed by atoms with Gasteiger partial charge in [-0.15, -0.1) is 0 Å². The highest BCUT2D eigenvalue weighted by atomic mass is 15.1. The van der Waals surface area contributed by atoms with Gasteiger partial charge in [0.25, 0.3) is 0 Å². The van der Waals surface area contributed by atoms with Crippen molar-refractivity contribution in [1.29, 1.82) is 0 Å². The average molecular weight is 1180 g/mol. The highest BCUT2D eigenvalue weighted by molar-refractivity contribution is 5.93. The Morgan fingerprint density at radius 1 is 0.174 bits per heavy atom. The van der Waals surface area contributed by atoms with Gasteiger partial charge in [0.1, 0.15) is 0 Å². The van der Waals surface area contributed by atoms with Gasteiger partial charge in [0.05, 0.1) is 0 Å². The van der Waals surface area contributed by atoms with Crippen molar-refractivity contribution in [1.82, 2.24) is 0 Å². The van der Waals surface area contributed by atoms with E-state index in [1.54, 1.807) is 0 Å². The van der Waals surface area contributed by atoms with Crippen LogP contribution in [-0.2, 0) is 21.7 Å². The summed E-state index contributed by atoms with van der Waals surface area (Å²) in [6.45, 7) is 19.0. The van der Waals surface area contributed by atoms with Crippen molar-refractivity contribution in [3.8, 4) is 89.0 Å². The van der Waals surface area contributed by atoms with Crippen LogP contribution >= 0.6 is 0 Å². The highest BCUT2D eigenvalue weighted by Gasteiger charge is 2.40. The Balaban J connectivity index is 0.664. The zero-order valence-electron chi connectivity index (χ0n) is 53.6. The molecule has 0 spiro atoms. The molecule has 0 heterocycles. The Hall–Kier alpha value is -10.5. The largest absolute Gasteiger partial charge is 0.310 e. The fourth-order valence-electron chi connectivity index (χ4n) is 16.6. The van der Waals surface area contributed by atoms with E-state index in [0.717, 1.165) is 34.1 Å². The summed E-state index contributed by atoms with van der Waals surface area (Å²) < 4.78 is 0. The number of fused-ring (bicyclic) bond motifs is 12. The second kappa shape index (κ2) is 20.5. The van der Waals surface area contributed by atoms with Gasteiger partial charge in [0.15, 0.2) is 0 Å². The molecule has 0 radical (unpaired) electrons. The molecule has 0 fully saturated rings. The molecule has 13 aromatic carbocycles. The molecule has 442 valence electrons. The molecule has 0 aromatic heterocycles. The molecule has 17 rings (SSSR count). The summed E-state index contributed by atoms with van der Waals surface area (Å²) in [6, 6.07) is 110. The summed E-state index contributed by atoms with van der Waals surface area (Å²) in [4.78, 5) is 4.85. The Morgan fingerprint density at radius 2 is 0.446 bits per heavy atom. The number of nitrogens with zero attached hydrogens (tertiary/aromatic N) is 2. The second-order valence-electron chi connectivity index (χ2n) is 28.1. The third-order valence-electron chi connectivity index (χ3n) is 21.5. The molecule has 0 aliphatic heterocycles. The number of hydrogen-bond donors (Lipinski definition) is 0. The van der Waals surface area contributed by atoms with Gasteiger partial charge >= 0.3 is 0 Å². The fourth-order valence-corrected chi connectivity index (χ4v) is 16.6. The van der Waals surface area contributed by atoms with Crippen molar-refractivity contribution in [2.75, 3.05) is 9.80 Å². The van der Waals surface area contributed by atoms with Gasteiger partial charge in [0, 0.05) is 55.8 Å². The van der Waals surface area contributed by atoms with Gasteiger partial charge < -0.3 is 9.80 Å². The van der Waals surface area contributed by atoms with E-state index >= 15 is 0 Å². The van der Waals surface area contributed by atoms with Crippen LogP contribution < -0.4 is 9.80 Å². The van der Waals surface area contributed by atoms with Gasteiger partial charge in [0.2, 0.25) is 0 Å². The number of benzene rings is 13. The standard InChI is InChI=1S/C90H72N2/c1-87(2)79-26-15-12-21-71(79)74-49-39-62(53-82(74)87)59-35-43-65(44-36-59)91(64-19-10-9-11-20-64)69-48-52-77-78-25-18-24-70(86(78)90(7,8)85(77)56-69)61-31-29-57(30-32-61)58-33-41-66(42-34-58)92(68-47-51-76-73-23-14-17-28-81(73)89(5,6)84(76)55-68)67-45-37-60(38-46-67)63-40-50-75-72-22-13-16-27-80(72)88(3,4)83(75)54-63/h9-56H,1-8H3. The van der Waals surface area contributed by atoms with Gasteiger partial charge in [-0.3, -0.25) is 0 Å². The number of para-hydroxylation sites is 1. The van der Waals surface area contributed by atoms with E-state index in [9.17, 15) is 0 Å². The first-order valence-electron chi connectivity index (χ1n) is 32.7. The average Bonchev–Trinajstić information content (AvgIpc) is 1.59. The number of hydrogen-bond acceptors (Lipinski definition) is 2. The third kappa shape index (κ3) is 8.46. The van der Waals surface area contributed by atoms with Crippen LogP contribution in [0.3, 0.4) is 0 Å². The molecule has 0 atom stereocenters. The van der Waals surface area contributed by atoms with Gasteiger partial charge in [-0.2, -0.15) is 0 Å².